The maximum absolute atomic E-state index is 12.1. The number of piperidine rings is 1. The Hall–Kier alpha value is -1.09. The van der Waals surface area contributed by atoms with E-state index in [1.165, 1.54) is 45.2 Å². The van der Waals surface area contributed by atoms with Crippen LogP contribution in [0, 0.1) is 29.1 Å². The van der Waals surface area contributed by atoms with Gasteiger partial charge in [-0.3, -0.25) is 4.90 Å². The first-order valence-electron chi connectivity index (χ1n) is 11.2. The van der Waals surface area contributed by atoms with Gasteiger partial charge in [-0.2, -0.15) is 0 Å². The van der Waals surface area contributed by atoms with Crippen LogP contribution in [0.2, 0.25) is 0 Å². The Bertz CT molecular complexity index is 608. The summed E-state index contributed by atoms with van der Waals surface area (Å²) in [5.74, 6) is 3.12. The molecule has 27 heavy (non-hydrogen) atoms. The van der Waals surface area contributed by atoms with Crippen LogP contribution in [-0.4, -0.2) is 36.1 Å². The Labute approximate surface area is 165 Å². The lowest BCUT2D eigenvalue weighted by atomic mass is 9.49. The van der Waals surface area contributed by atoms with E-state index in [1.54, 1.807) is 12.2 Å². The summed E-state index contributed by atoms with van der Waals surface area (Å²) in [5.41, 5.74) is 0.416. The maximum Gasteiger partial charge on any atom is 0.331 e. The molecule has 0 radical (unpaired) electrons. The van der Waals surface area contributed by atoms with Crippen LogP contribution in [0.3, 0.4) is 0 Å². The predicted molar refractivity (Wildman–Crippen MR) is 109 cm³/mol. The van der Waals surface area contributed by atoms with Crippen LogP contribution in [0.25, 0.3) is 0 Å². The molecule has 150 valence electrons. The molecule has 3 saturated carbocycles. The molecule has 3 aliphatic carbocycles. The minimum absolute atomic E-state index is 0.110. The van der Waals surface area contributed by atoms with Crippen LogP contribution in [0.4, 0.5) is 0 Å². The molecule has 0 aromatic heterocycles. The summed E-state index contributed by atoms with van der Waals surface area (Å²) in [7, 11) is 0. The van der Waals surface area contributed by atoms with Gasteiger partial charge in [0.15, 0.2) is 0 Å². The average molecular weight is 372 g/mol. The molecule has 3 heteroatoms. The lowest BCUT2D eigenvalue weighted by Gasteiger charge is -2.62. The summed E-state index contributed by atoms with van der Waals surface area (Å²) in [6, 6.07) is 0.786. The lowest BCUT2D eigenvalue weighted by Crippen LogP contribution is -2.61. The first kappa shape index (κ1) is 19.2. The molecule has 0 aromatic rings. The highest BCUT2D eigenvalue weighted by Gasteiger charge is 2.56. The fourth-order valence-electron chi connectivity index (χ4n) is 6.42. The molecule has 4 rings (SSSR count). The van der Waals surface area contributed by atoms with Crippen LogP contribution in [-0.2, 0) is 9.53 Å². The number of ether oxygens (including phenoxy) is 1. The molecule has 4 aliphatic rings. The van der Waals surface area contributed by atoms with Crippen LogP contribution in [0.5, 0.6) is 0 Å². The van der Waals surface area contributed by atoms with Gasteiger partial charge in [0.1, 0.15) is 6.10 Å². The van der Waals surface area contributed by atoms with Gasteiger partial charge in [-0.05, 0) is 87.5 Å². The summed E-state index contributed by atoms with van der Waals surface area (Å²) < 4.78 is 5.82. The Kier molecular flexibility index (Phi) is 5.51. The molecule has 0 aromatic carbocycles. The molecule has 0 N–H and O–H groups in total. The van der Waals surface area contributed by atoms with E-state index in [0.29, 0.717) is 5.41 Å². The van der Waals surface area contributed by atoms with E-state index in [1.807, 2.05) is 19.1 Å². The van der Waals surface area contributed by atoms with E-state index in [9.17, 15) is 4.79 Å². The molecule has 0 spiro atoms. The summed E-state index contributed by atoms with van der Waals surface area (Å²) in [6.45, 7) is 9.63. The third-order valence-corrected chi connectivity index (χ3v) is 8.37. The second-order valence-electron chi connectivity index (χ2n) is 9.91. The van der Waals surface area contributed by atoms with Crippen molar-refractivity contribution in [1.29, 1.82) is 0 Å². The molecule has 1 heterocycles. The molecule has 1 saturated heterocycles. The van der Waals surface area contributed by atoms with Gasteiger partial charge in [0.05, 0.1) is 0 Å². The molecule has 2 bridgehead atoms. The Morgan fingerprint density at radius 2 is 2.00 bits per heavy atom. The van der Waals surface area contributed by atoms with Gasteiger partial charge in [-0.25, -0.2) is 4.79 Å². The standard InChI is InChI=1S/C24H37NO2/c1-4-5-6-7-23(26)27-20-11-10-19-14-22-17(2)24(3,21(19)15-20)12-13-25(22)16-18-8-9-18/h4-7,17-22H,8-16H2,1-3H3/b5-4+,7-6+. The Balaban J connectivity index is 1.41. The highest BCUT2D eigenvalue weighted by atomic mass is 16.5. The monoisotopic (exact) mass is 371 g/mol. The van der Waals surface area contributed by atoms with Gasteiger partial charge in [-0.15, -0.1) is 0 Å². The van der Waals surface area contributed by atoms with Crippen molar-refractivity contribution in [2.75, 3.05) is 13.1 Å². The number of hydrogen-bond acceptors (Lipinski definition) is 3. The molecule has 6 atom stereocenters. The van der Waals surface area contributed by atoms with E-state index < -0.39 is 0 Å². The van der Waals surface area contributed by atoms with Crippen LogP contribution in [0.1, 0.15) is 65.7 Å². The zero-order valence-electron chi connectivity index (χ0n) is 17.4. The van der Waals surface area contributed by atoms with E-state index in [-0.39, 0.29) is 12.1 Å². The summed E-state index contributed by atoms with van der Waals surface area (Å²) in [5, 5.41) is 0. The molecule has 1 aliphatic heterocycles. The van der Waals surface area contributed by atoms with Gasteiger partial charge < -0.3 is 4.74 Å². The Morgan fingerprint density at radius 1 is 1.19 bits per heavy atom. The number of allylic oxidation sites excluding steroid dienone is 3. The van der Waals surface area contributed by atoms with Crippen LogP contribution >= 0.6 is 0 Å². The van der Waals surface area contributed by atoms with Gasteiger partial charge in [0.2, 0.25) is 0 Å². The molecular formula is C24H37NO2. The second kappa shape index (κ2) is 7.73. The third kappa shape index (κ3) is 3.90. The molecule has 4 fully saturated rings. The summed E-state index contributed by atoms with van der Waals surface area (Å²) in [4.78, 5) is 15.0. The number of likely N-dealkylation sites (tertiary alicyclic amines) is 1. The summed E-state index contributed by atoms with van der Waals surface area (Å²) >= 11 is 0. The first-order chi connectivity index (χ1) is 13.0. The molecule has 6 unspecified atom stereocenters. The van der Waals surface area contributed by atoms with Gasteiger partial charge >= 0.3 is 5.97 Å². The second-order valence-corrected chi connectivity index (χ2v) is 9.91. The topological polar surface area (TPSA) is 29.5 Å². The van der Waals surface area contributed by atoms with Gasteiger partial charge in [0, 0.05) is 18.7 Å². The van der Waals surface area contributed by atoms with Crippen LogP contribution < -0.4 is 0 Å². The van der Waals surface area contributed by atoms with Crippen molar-refractivity contribution >= 4 is 5.97 Å². The van der Waals surface area contributed by atoms with Gasteiger partial charge in [0.25, 0.3) is 0 Å². The minimum atomic E-state index is -0.178. The number of esters is 1. The van der Waals surface area contributed by atoms with Crippen molar-refractivity contribution in [3.8, 4) is 0 Å². The van der Waals surface area contributed by atoms with Crippen molar-refractivity contribution in [1.82, 2.24) is 4.90 Å². The SMILES string of the molecule is C/C=C/C=C/C(=O)OC1CCC2CC3C(C)C(C)(CCN3CC3CC3)C2C1. The normalized spacial score (nSPS) is 42.4. The number of fused-ring (bicyclic) bond motifs is 4. The van der Waals surface area contributed by atoms with Crippen molar-refractivity contribution in [3.63, 3.8) is 0 Å². The molecule has 3 nitrogen and oxygen atoms in total. The smallest absolute Gasteiger partial charge is 0.331 e. The summed E-state index contributed by atoms with van der Waals surface area (Å²) in [6.07, 6.45) is 16.2. The number of carbonyl (C=O) groups excluding carboxylic acids is 1. The highest BCUT2D eigenvalue weighted by molar-refractivity contribution is 5.82. The highest BCUT2D eigenvalue weighted by Crippen LogP contribution is 2.58. The number of hydrogen-bond donors (Lipinski definition) is 0. The number of nitrogens with zero attached hydrogens (tertiary/aromatic N) is 1. The third-order valence-electron chi connectivity index (χ3n) is 8.37. The minimum Gasteiger partial charge on any atom is -0.459 e. The zero-order valence-corrected chi connectivity index (χ0v) is 17.4. The zero-order chi connectivity index (χ0) is 19.0. The van der Waals surface area contributed by atoms with Gasteiger partial charge in [-0.1, -0.05) is 32.1 Å². The van der Waals surface area contributed by atoms with E-state index in [0.717, 1.165) is 42.6 Å². The first-order valence-corrected chi connectivity index (χ1v) is 11.2. The molecular weight excluding hydrogens is 334 g/mol. The van der Waals surface area contributed by atoms with E-state index in [2.05, 4.69) is 18.7 Å². The quantitative estimate of drug-likeness (QED) is 0.388. The van der Waals surface area contributed by atoms with Crippen molar-refractivity contribution in [2.24, 2.45) is 29.1 Å². The fourth-order valence-corrected chi connectivity index (χ4v) is 6.42. The predicted octanol–water partition coefficient (Wildman–Crippen LogP) is 4.98. The van der Waals surface area contributed by atoms with E-state index in [4.69, 9.17) is 4.74 Å². The van der Waals surface area contributed by atoms with Crippen molar-refractivity contribution < 1.29 is 9.53 Å². The maximum atomic E-state index is 12.1. The largest absolute Gasteiger partial charge is 0.459 e. The average Bonchev–Trinajstić information content (AvgIpc) is 3.45. The van der Waals surface area contributed by atoms with Crippen LogP contribution in [0.15, 0.2) is 24.3 Å². The number of carbonyl (C=O) groups is 1. The van der Waals surface area contributed by atoms with E-state index >= 15 is 0 Å². The number of rotatable bonds is 5. The lowest BCUT2D eigenvalue weighted by molar-refractivity contribution is -0.158. The fraction of sp³-hybridized carbons (Fsp3) is 0.792. The van der Waals surface area contributed by atoms with Crippen molar-refractivity contribution in [3.05, 3.63) is 24.3 Å². The van der Waals surface area contributed by atoms with Crippen molar-refractivity contribution in [2.45, 2.75) is 77.9 Å². The molecule has 0 amide bonds. The Morgan fingerprint density at radius 3 is 2.74 bits per heavy atom.